The number of hydrogen-bond acceptors (Lipinski definition) is 4. The minimum atomic E-state index is 0.0228. The lowest BCUT2D eigenvalue weighted by atomic mass is 10.1. The number of nitrogens with two attached hydrogens (primary N) is 1. The van der Waals surface area contributed by atoms with Crippen molar-refractivity contribution in [1.82, 2.24) is 0 Å². The van der Waals surface area contributed by atoms with E-state index < -0.39 is 0 Å². The van der Waals surface area contributed by atoms with Crippen LogP contribution in [0.1, 0.15) is 11.1 Å². The SMILES string of the molecule is COc1ccc(CNc2ccccc2Br)cc1C(N)=NO. The molecule has 0 aliphatic carbocycles. The number of hydrogen-bond donors (Lipinski definition) is 3. The fourth-order valence-electron chi connectivity index (χ4n) is 1.92. The molecule has 0 aliphatic rings. The highest BCUT2D eigenvalue weighted by molar-refractivity contribution is 9.10. The molecule has 2 aromatic rings. The Hall–Kier alpha value is -2.21. The van der Waals surface area contributed by atoms with Gasteiger partial charge in [-0.3, -0.25) is 0 Å². The van der Waals surface area contributed by atoms with E-state index in [-0.39, 0.29) is 5.84 Å². The lowest BCUT2D eigenvalue weighted by Gasteiger charge is -2.12. The van der Waals surface area contributed by atoms with E-state index in [1.165, 1.54) is 0 Å². The van der Waals surface area contributed by atoms with Crippen LogP contribution in [0.25, 0.3) is 0 Å². The topological polar surface area (TPSA) is 79.9 Å². The molecule has 5 nitrogen and oxygen atoms in total. The molecular formula is C15H16BrN3O2. The van der Waals surface area contributed by atoms with Crippen molar-refractivity contribution in [3.63, 3.8) is 0 Å². The zero-order chi connectivity index (χ0) is 15.2. The van der Waals surface area contributed by atoms with Gasteiger partial charge >= 0.3 is 0 Å². The number of rotatable bonds is 5. The average molecular weight is 350 g/mol. The van der Waals surface area contributed by atoms with Gasteiger partial charge in [-0.2, -0.15) is 0 Å². The first-order valence-electron chi connectivity index (χ1n) is 6.29. The third kappa shape index (κ3) is 3.66. The van der Waals surface area contributed by atoms with Crippen LogP contribution < -0.4 is 15.8 Å². The maximum Gasteiger partial charge on any atom is 0.173 e. The second-order valence-corrected chi connectivity index (χ2v) is 5.21. The second-order valence-electron chi connectivity index (χ2n) is 4.35. The lowest BCUT2D eigenvalue weighted by Crippen LogP contribution is -2.15. The van der Waals surface area contributed by atoms with Crippen molar-refractivity contribution in [2.24, 2.45) is 10.9 Å². The summed E-state index contributed by atoms with van der Waals surface area (Å²) >= 11 is 3.49. The summed E-state index contributed by atoms with van der Waals surface area (Å²) in [7, 11) is 1.54. The summed E-state index contributed by atoms with van der Waals surface area (Å²) in [5, 5.41) is 15.2. The first-order valence-corrected chi connectivity index (χ1v) is 7.08. The highest BCUT2D eigenvalue weighted by Crippen LogP contribution is 2.23. The average Bonchev–Trinajstić information content (AvgIpc) is 2.53. The Bertz CT molecular complexity index is 659. The van der Waals surface area contributed by atoms with E-state index in [0.717, 1.165) is 15.7 Å². The maximum absolute atomic E-state index is 8.83. The van der Waals surface area contributed by atoms with Gasteiger partial charge in [0.05, 0.1) is 12.7 Å². The molecule has 2 aromatic carbocycles. The van der Waals surface area contributed by atoms with Gasteiger partial charge in [0.1, 0.15) is 5.75 Å². The second kappa shape index (κ2) is 6.99. The van der Waals surface area contributed by atoms with Gasteiger partial charge in [-0.25, -0.2) is 0 Å². The van der Waals surface area contributed by atoms with Crippen LogP contribution in [0.5, 0.6) is 5.75 Å². The molecule has 6 heteroatoms. The number of methoxy groups -OCH3 is 1. The van der Waals surface area contributed by atoms with Gasteiger partial charge in [-0.15, -0.1) is 0 Å². The van der Waals surface area contributed by atoms with Crippen LogP contribution in [-0.4, -0.2) is 18.2 Å². The summed E-state index contributed by atoms with van der Waals surface area (Å²) in [5.41, 5.74) is 8.22. The third-order valence-electron chi connectivity index (χ3n) is 3.00. The van der Waals surface area contributed by atoms with Gasteiger partial charge in [0, 0.05) is 16.7 Å². The molecule has 0 heterocycles. The number of nitrogens with zero attached hydrogens (tertiary/aromatic N) is 1. The van der Waals surface area contributed by atoms with Crippen LogP contribution >= 0.6 is 15.9 Å². The van der Waals surface area contributed by atoms with E-state index >= 15 is 0 Å². The first-order chi connectivity index (χ1) is 10.2. The van der Waals surface area contributed by atoms with E-state index in [4.69, 9.17) is 15.7 Å². The summed E-state index contributed by atoms with van der Waals surface area (Å²) in [4.78, 5) is 0. The van der Waals surface area contributed by atoms with E-state index in [0.29, 0.717) is 17.9 Å². The highest BCUT2D eigenvalue weighted by Gasteiger charge is 2.09. The van der Waals surface area contributed by atoms with Crippen molar-refractivity contribution in [1.29, 1.82) is 0 Å². The van der Waals surface area contributed by atoms with Crippen LogP contribution in [-0.2, 0) is 6.54 Å². The number of para-hydroxylation sites is 1. The van der Waals surface area contributed by atoms with Crippen LogP contribution in [0.3, 0.4) is 0 Å². The molecule has 0 aliphatic heterocycles. The summed E-state index contributed by atoms with van der Waals surface area (Å²) < 4.78 is 6.20. The number of oxime groups is 1. The molecule has 0 fully saturated rings. The Morgan fingerprint density at radius 2 is 2.10 bits per heavy atom. The van der Waals surface area contributed by atoms with Gasteiger partial charge < -0.3 is 21.0 Å². The maximum atomic E-state index is 8.83. The Morgan fingerprint density at radius 1 is 1.33 bits per heavy atom. The van der Waals surface area contributed by atoms with Crippen molar-refractivity contribution in [3.05, 3.63) is 58.1 Å². The van der Waals surface area contributed by atoms with Crippen LogP contribution in [0.2, 0.25) is 0 Å². The zero-order valence-corrected chi connectivity index (χ0v) is 13.1. The number of benzene rings is 2. The Balaban J connectivity index is 2.20. The lowest BCUT2D eigenvalue weighted by molar-refractivity contribution is 0.318. The minimum absolute atomic E-state index is 0.0228. The Morgan fingerprint density at radius 3 is 2.76 bits per heavy atom. The van der Waals surface area contributed by atoms with E-state index in [1.807, 2.05) is 36.4 Å². The third-order valence-corrected chi connectivity index (χ3v) is 3.70. The number of nitrogens with one attached hydrogen (secondary N) is 1. The standard InChI is InChI=1S/C15H16BrN3O2/c1-21-14-7-6-10(8-11(14)15(17)19-20)9-18-13-5-3-2-4-12(13)16/h2-8,18,20H,9H2,1H3,(H2,17,19). The van der Waals surface area contributed by atoms with Crippen LogP contribution in [0.4, 0.5) is 5.69 Å². The van der Waals surface area contributed by atoms with Gasteiger partial charge in [0.2, 0.25) is 0 Å². The normalized spacial score (nSPS) is 11.2. The minimum Gasteiger partial charge on any atom is -0.496 e. The molecular weight excluding hydrogens is 334 g/mol. The molecule has 0 saturated carbocycles. The quantitative estimate of drug-likeness (QED) is 0.335. The summed E-state index contributed by atoms with van der Waals surface area (Å²) in [5.74, 6) is 0.588. The molecule has 0 atom stereocenters. The highest BCUT2D eigenvalue weighted by atomic mass is 79.9. The molecule has 2 rings (SSSR count). The van der Waals surface area contributed by atoms with Crippen molar-refractivity contribution >= 4 is 27.5 Å². The number of anilines is 1. The van der Waals surface area contributed by atoms with Crippen molar-refractivity contribution in [2.45, 2.75) is 6.54 Å². The summed E-state index contributed by atoms with van der Waals surface area (Å²) in [6.45, 7) is 0.609. The molecule has 0 saturated heterocycles. The first kappa shape index (κ1) is 15.2. The van der Waals surface area contributed by atoms with Gasteiger partial charge in [-0.05, 0) is 45.8 Å². The van der Waals surface area contributed by atoms with E-state index in [9.17, 15) is 0 Å². The van der Waals surface area contributed by atoms with E-state index in [1.54, 1.807) is 13.2 Å². The smallest absolute Gasteiger partial charge is 0.173 e. The molecule has 0 spiro atoms. The van der Waals surface area contributed by atoms with E-state index in [2.05, 4.69) is 26.4 Å². The fourth-order valence-corrected chi connectivity index (χ4v) is 2.35. The molecule has 0 unspecified atom stereocenters. The Labute approximate surface area is 131 Å². The number of amidine groups is 1. The molecule has 4 N–H and O–H groups in total. The monoisotopic (exact) mass is 349 g/mol. The molecule has 0 aromatic heterocycles. The van der Waals surface area contributed by atoms with Gasteiger partial charge in [0.15, 0.2) is 5.84 Å². The summed E-state index contributed by atoms with van der Waals surface area (Å²) in [6.07, 6.45) is 0. The fraction of sp³-hybridized carbons (Fsp3) is 0.133. The van der Waals surface area contributed by atoms with Gasteiger partial charge in [0.25, 0.3) is 0 Å². The number of ether oxygens (including phenoxy) is 1. The van der Waals surface area contributed by atoms with Crippen molar-refractivity contribution in [2.75, 3.05) is 12.4 Å². The van der Waals surface area contributed by atoms with Crippen molar-refractivity contribution < 1.29 is 9.94 Å². The van der Waals surface area contributed by atoms with Gasteiger partial charge in [-0.1, -0.05) is 23.4 Å². The molecule has 0 amide bonds. The molecule has 110 valence electrons. The largest absolute Gasteiger partial charge is 0.496 e. The molecule has 0 bridgehead atoms. The van der Waals surface area contributed by atoms with Crippen LogP contribution in [0.15, 0.2) is 52.1 Å². The predicted octanol–water partition coefficient (Wildman–Crippen LogP) is 3.16. The predicted molar refractivity (Wildman–Crippen MR) is 87.0 cm³/mol. The summed E-state index contributed by atoms with van der Waals surface area (Å²) in [6, 6.07) is 13.4. The molecule has 21 heavy (non-hydrogen) atoms. The Kier molecular flexibility index (Phi) is 5.05. The number of halogens is 1. The van der Waals surface area contributed by atoms with Crippen LogP contribution in [0, 0.1) is 0 Å². The molecule has 0 radical (unpaired) electrons. The zero-order valence-electron chi connectivity index (χ0n) is 11.5. The van der Waals surface area contributed by atoms with Crippen molar-refractivity contribution in [3.8, 4) is 5.75 Å².